The number of hydrogen-bond donors (Lipinski definition) is 1. The largest absolute Gasteiger partial charge is 0.328 e. The molecule has 1 aromatic carbocycles. The number of nitrogens with one attached hydrogen (secondary N) is 1. The van der Waals surface area contributed by atoms with Crippen LogP contribution in [0.15, 0.2) is 40.0 Å². The fourth-order valence-electron chi connectivity index (χ4n) is 3.10. The number of nitrogens with zero attached hydrogens (tertiary/aromatic N) is 2. The summed E-state index contributed by atoms with van der Waals surface area (Å²) in [6.07, 6.45) is 6.40. The molecule has 6 nitrogen and oxygen atoms in total. The lowest BCUT2D eigenvalue weighted by Crippen LogP contribution is -2.46. The van der Waals surface area contributed by atoms with Crippen LogP contribution in [0.3, 0.4) is 0 Å². The van der Waals surface area contributed by atoms with E-state index in [1.165, 1.54) is 9.13 Å². The first kappa shape index (κ1) is 16.0. The molecule has 23 heavy (non-hydrogen) atoms. The number of aromatic nitrogens is 2. The van der Waals surface area contributed by atoms with Crippen molar-refractivity contribution in [2.24, 2.45) is 14.1 Å². The second kappa shape index (κ2) is 5.35. The smallest absolute Gasteiger partial charge is 0.295 e. The van der Waals surface area contributed by atoms with Gasteiger partial charge in [-0.1, -0.05) is 12.2 Å². The summed E-state index contributed by atoms with van der Waals surface area (Å²) in [5, 5.41) is 0. The maximum Gasteiger partial charge on any atom is 0.328 e. The number of rotatable bonds is 3. The van der Waals surface area contributed by atoms with Gasteiger partial charge >= 0.3 is 5.69 Å². The Morgan fingerprint density at radius 3 is 2.48 bits per heavy atom. The molecule has 0 bridgehead atoms. The molecule has 0 saturated carbocycles. The normalized spacial score (nSPS) is 21.9. The Balaban J connectivity index is 2.03. The molecule has 1 heterocycles. The number of fused-ring (bicyclic) bond motifs is 1. The number of imidazole rings is 1. The van der Waals surface area contributed by atoms with Crippen LogP contribution in [0.2, 0.25) is 0 Å². The van der Waals surface area contributed by atoms with Crippen molar-refractivity contribution in [1.82, 2.24) is 13.9 Å². The predicted octanol–water partition coefficient (Wildman–Crippen LogP) is 1.65. The van der Waals surface area contributed by atoms with Crippen molar-refractivity contribution in [3.63, 3.8) is 0 Å². The molecule has 1 aliphatic rings. The van der Waals surface area contributed by atoms with E-state index in [0.717, 1.165) is 12.8 Å². The van der Waals surface area contributed by atoms with E-state index < -0.39 is 15.6 Å². The Hall–Kier alpha value is -1.86. The first-order chi connectivity index (χ1) is 10.7. The minimum absolute atomic E-state index is 0.174. The lowest BCUT2D eigenvalue weighted by Gasteiger charge is -2.31. The van der Waals surface area contributed by atoms with E-state index in [1.807, 2.05) is 13.0 Å². The molecule has 1 N–H and O–H groups in total. The van der Waals surface area contributed by atoms with Gasteiger partial charge in [0.2, 0.25) is 10.0 Å². The van der Waals surface area contributed by atoms with Crippen molar-refractivity contribution in [2.75, 3.05) is 0 Å². The molecular weight excluding hydrogens is 314 g/mol. The Morgan fingerprint density at radius 2 is 1.83 bits per heavy atom. The van der Waals surface area contributed by atoms with Gasteiger partial charge in [0.05, 0.1) is 15.9 Å². The van der Waals surface area contributed by atoms with Crippen LogP contribution in [0.4, 0.5) is 0 Å². The summed E-state index contributed by atoms with van der Waals surface area (Å²) < 4.78 is 31.2. The van der Waals surface area contributed by atoms with Crippen molar-refractivity contribution in [1.29, 1.82) is 0 Å². The van der Waals surface area contributed by atoms with E-state index in [9.17, 15) is 13.2 Å². The third kappa shape index (κ3) is 2.74. The van der Waals surface area contributed by atoms with Gasteiger partial charge in [-0.25, -0.2) is 17.9 Å². The van der Waals surface area contributed by atoms with Crippen LogP contribution >= 0.6 is 0 Å². The third-order valence-corrected chi connectivity index (χ3v) is 6.17. The fraction of sp³-hybridized carbons (Fsp3) is 0.438. The van der Waals surface area contributed by atoms with E-state index in [4.69, 9.17) is 0 Å². The summed E-state index contributed by atoms with van der Waals surface area (Å²) in [6, 6.07) is 4.78. The van der Waals surface area contributed by atoms with Gasteiger partial charge in [-0.05, 0) is 44.4 Å². The number of aryl methyl sites for hydroxylation is 2. The van der Waals surface area contributed by atoms with Gasteiger partial charge in [0, 0.05) is 19.6 Å². The van der Waals surface area contributed by atoms with Crippen LogP contribution in [-0.2, 0) is 24.1 Å². The maximum absolute atomic E-state index is 12.7. The van der Waals surface area contributed by atoms with E-state index in [0.29, 0.717) is 17.5 Å². The molecule has 0 aliphatic heterocycles. The van der Waals surface area contributed by atoms with Crippen LogP contribution in [-0.4, -0.2) is 23.1 Å². The van der Waals surface area contributed by atoms with E-state index in [2.05, 4.69) is 10.8 Å². The summed E-state index contributed by atoms with van der Waals surface area (Å²) in [4.78, 5) is 12.2. The molecule has 0 spiro atoms. The zero-order valence-electron chi connectivity index (χ0n) is 13.5. The highest BCUT2D eigenvalue weighted by atomic mass is 32.2. The summed E-state index contributed by atoms with van der Waals surface area (Å²) >= 11 is 0. The quantitative estimate of drug-likeness (QED) is 0.867. The number of sulfonamides is 1. The van der Waals surface area contributed by atoms with Crippen molar-refractivity contribution in [3.05, 3.63) is 40.8 Å². The molecule has 1 atom stereocenters. The molecule has 1 aromatic heterocycles. The molecule has 7 heteroatoms. The monoisotopic (exact) mass is 335 g/mol. The summed E-state index contributed by atoms with van der Waals surface area (Å²) in [7, 11) is -0.325. The Bertz CT molecular complexity index is 953. The van der Waals surface area contributed by atoms with Crippen molar-refractivity contribution in [3.8, 4) is 0 Å². The van der Waals surface area contributed by atoms with Crippen LogP contribution < -0.4 is 10.4 Å². The SMILES string of the molecule is Cn1c(=O)n(C)c2cc(S(=O)(=O)NC3(C)CC=CCC3)ccc21. The molecule has 0 fully saturated rings. The van der Waals surface area contributed by atoms with Crippen LogP contribution in [0.5, 0.6) is 0 Å². The van der Waals surface area contributed by atoms with Crippen LogP contribution in [0.25, 0.3) is 11.0 Å². The average Bonchev–Trinajstić information content (AvgIpc) is 2.71. The van der Waals surface area contributed by atoms with Gasteiger partial charge in [0.1, 0.15) is 0 Å². The van der Waals surface area contributed by atoms with Gasteiger partial charge in [0.25, 0.3) is 0 Å². The predicted molar refractivity (Wildman–Crippen MR) is 89.9 cm³/mol. The zero-order chi connectivity index (χ0) is 16.8. The topological polar surface area (TPSA) is 73.1 Å². The minimum atomic E-state index is -3.64. The third-order valence-electron chi connectivity index (χ3n) is 4.53. The number of benzene rings is 1. The fourth-order valence-corrected chi connectivity index (χ4v) is 4.56. The maximum atomic E-state index is 12.7. The zero-order valence-corrected chi connectivity index (χ0v) is 14.4. The van der Waals surface area contributed by atoms with Crippen molar-refractivity contribution < 1.29 is 8.42 Å². The van der Waals surface area contributed by atoms with Gasteiger partial charge in [-0.15, -0.1) is 0 Å². The lowest BCUT2D eigenvalue weighted by atomic mass is 9.89. The number of hydrogen-bond acceptors (Lipinski definition) is 3. The first-order valence-electron chi connectivity index (χ1n) is 7.58. The Kier molecular flexibility index (Phi) is 3.72. The highest BCUT2D eigenvalue weighted by molar-refractivity contribution is 7.89. The summed E-state index contributed by atoms with van der Waals surface area (Å²) in [5.41, 5.74) is 0.676. The van der Waals surface area contributed by atoms with Crippen molar-refractivity contribution in [2.45, 2.75) is 36.6 Å². The Morgan fingerprint density at radius 1 is 1.13 bits per heavy atom. The molecule has 1 unspecified atom stereocenters. The summed E-state index contributed by atoms with van der Waals surface area (Å²) in [5.74, 6) is 0. The van der Waals surface area contributed by atoms with Gasteiger partial charge in [-0.3, -0.25) is 9.13 Å². The van der Waals surface area contributed by atoms with Crippen molar-refractivity contribution >= 4 is 21.1 Å². The van der Waals surface area contributed by atoms with E-state index in [1.54, 1.807) is 32.3 Å². The van der Waals surface area contributed by atoms with Gasteiger partial charge in [-0.2, -0.15) is 0 Å². The molecule has 2 aromatic rings. The molecule has 0 radical (unpaired) electrons. The van der Waals surface area contributed by atoms with Crippen LogP contribution in [0, 0.1) is 0 Å². The number of allylic oxidation sites excluding steroid dienone is 1. The second-order valence-electron chi connectivity index (χ2n) is 6.43. The van der Waals surface area contributed by atoms with E-state index in [-0.39, 0.29) is 10.6 Å². The van der Waals surface area contributed by atoms with Gasteiger partial charge < -0.3 is 0 Å². The van der Waals surface area contributed by atoms with Gasteiger partial charge in [0.15, 0.2) is 0 Å². The second-order valence-corrected chi connectivity index (χ2v) is 8.11. The van der Waals surface area contributed by atoms with E-state index >= 15 is 0 Å². The first-order valence-corrected chi connectivity index (χ1v) is 9.06. The molecule has 0 saturated heterocycles. The lowest BCUT2D eigenvalue weighted by molar-refractivity contribution is 0.381. The summed E-state index contributed by atoms with van der Waals surface area (Å²) in [6.45, 7) is 1.92. The average molecular weight is 335 g/mol. The molecular formula is C16H21N3O3S. The highest BCUT2D eigenvalue weighted by Gasteiger charge is 2.30. The molecule has 0 amide bonds. The highest BCUT2D eigenvalue weighted by Crippen LogP contribution is 2.26. The molecule has 1 aliphatic carbocycles. The Labute approximate surface area is 135 Å². The molecule has 3 rings (SSSR count). The van der Waals surface area contributed by atoms with Crippen LogP contribution in [0.1, 0.15) is 26.2 Å². The minimum Gasteiger partial charge on any atom is -0.295 e. The standard InChI is InChI=1S/C16H21N3O3S/c1-16(9-5-4-6-10-16)17-23(21,22)12-7-8-13-14(11-12)19(3)15(20)18(13)2/h4-5,7-8,11,17H,6,9-10H2,1-3H3. The molecule has 124 valence electrons.